The van der Waals surface area contributed by atoms with Crippen molar-refractivity contribution >= 4 is 29.4 Å². The average molecular weight is 686 g/mol. The molecule has 10 heteroatoms. The molecule has 0 unspecified atom stereocenters. The molecule has 2 bridgehead atoms. The minimum absolute atomic E-state index is 0.0705. The van der Waals surface area contributed by atoms with Crippen LogP contribution in [0.25, 0.3) is 0 Å². The van der Waals surface area contributed by atoms with Gasteiger partial charge in [-0.15, -0.1) is 13.2 Å². The molecule has 3 aliphatic rings. The number of hydrogen-bond acceptors (Lipinski definition) is 7. The Morgan fingerprint density at radius 1 is 1.06 bits per heavy atom. The first-order valence-electron chi connectivity index (χ1n) is 17.9. The molecule has 3 fully saturated rings. The minimum Gasteiger partial charge on any atom is -0.455 e. The molecule has 0 aromatic heterocycles. The smallest absolute Gasteiger partial charge is 0.313 e. The van der Waals surface area contributed by atoms with Gasteiger partial charge in [0.1, 0.15) is 17.7 Å². The molecule has 5 rings (SSSR count). The number of hydrogen-bond donors (Lipinski definition) is 2. The summed E-state index contributed by atoms with van der Waals surface area (Å²) in [4.78, 5) is 59.6. The van der Waals surface area contributed by atoms with Crippen molar-refractivity contribution < 1.29 is 33.8 Å². The molecule has 3 aliphatic heterocycles. The molecule has 2 aromatic rings. The number of carbonyl (C=O) groups excluding carboxylic acids is 4. The van der Waals surface area contributed by atoms with Crippen molar-refractivity contribution in [2.75, 3.05) is 31.1 Å². The number of aliphatic hydroxyl groups is 1. The van der Waals surface area contributed by atoms with Crippen LogP contribution in [0.5, 0.6) is 0 Å². The second kappa shape index (κ2) is 16.6. The Balaban J connectivity index is 1.46. The number of allylic oxidation sites excluding steroid dienone is 1. The van der Waals surface area contributed by atoms with Crippen molar-refractivity contribution in [2.45, 2.75) is 89.1 Å². The molecule has 2 N–H and O–H groups in total. The van der Waals surface area contributed by atoms with Gasteiger partial charge in [0.05, 0.1) is 24.5 Å². The number of unbranched alkanes of at least 4 members (excludes halogenated alkanes) is 3. The summed E-state index contributed by atoms with van der Waals surface area (Å²) < 4.78 is 12.9. The summed E-state index contributed by atoms with van der Waals surface area (Å²) in [6.45, 7) is 12.3. The third kappa shape index (κ3) is 7.42. The number of nitrogens with one attached hydrogen (secondary N) is 1. The van der Waals surface area contributed by atoms with Crippen LogP contribution in [0.4, 0.5) is 5.69 Å². The van der Waals surface area contributed by atoms with E-state index in [0.29, 0.717) is 44.2 Å². The van der Waals surface area contributed by atoms with E-state index in [4.69, 9.17) is 9.47 Å². The van der Waals surface area contributed by atoms with Gasteiger partial charge in [-0.05, 0) is 62.6 Å². The summed E-state index contributed by atoms with van der Waals surface area (Å²) in [5.74, 6) is -3.07. The maximum absolute atomic E-state index is 14.9. The van der Waals surface area contributed by atoms with E-state index in [9.17, 15) is 24.3 Å². The molecule has 2 aromatic carbocycles. The molecule has 0 radical (unpaired) electrons. The standard InChI is InChI=1S/C40H51N3O7/c1-5-7-20-32(45)41-26-31(29-18-11-10-12-19-29)49-39(48)33-30-21-22-40(50-30)34(33)37(46)43(24-13-8-9-14-25-44)36(40)38(47)42(23-6-2)35-27(3)16-15-17-28(35)4/h5-6,10-12,15-19,30-31,33-34,36,44H,1-2,7-9,13-14,20-26H2,3-4H3,(H,41,45)/t30-,31-,33+,34+,36-,40+/m0/s1. The number of nitrogens with zero attached hydrogens (tertiary/aromatic N) is 2. The minimum atomic E-state index is -1.19. The van der Waals surface area contributed by atoms with E-state index in [0.717, 1.165) is 29.7 Å². The Morgan fingerprint density at radius 2 is 1.78 bits per heavy atom. The lowest BCUT2D eigenvalue weighted by Crippen LogP contribution is -2.56. The SMILES string of the molecule is C=CCCC(=O)NC[C@H](OC(=O)[C@@H]1[C@@H]2CC[C@]3(O2)[C@H](C(=O)N(CC=C)c2c(C)cccc2C)N(CCCCCCO)C(=O)[C@@H]13)c1ccccc1. The Hall–Kier alpha value is -4.28. The quantitative estimate of drug-likeness (QED) is 0.127. The molecular weight excluding hydrogens is 634 g/mol. The number of aryl methyl sites for hydroxylation is 2. The molecule has 0 aliphatic carbocycles. The predicted octanol–water partition coefficient (Wildman–Crippen LogP) is 5.12. The number of ether oxygens (including phenoxy) is 2. The zero-order valence-electron chi connectivity index (χ0n) is 29.4. The first-order valence-corrected chi connectivity index (χ1v) is 17.9. The molecule has 0 saturated carbocycles. The predicted molar refractivity (Wildman–Crippen MR) is 191 cm³/mol. The molecule has 3 saturated heterocycles. The van der Waals surface area contributed by atoms with Gasteiger partial charge in [0.15, 0.2) is 0 Å². The van der Waals surface area contributed by atoms with Crippen LogP contribution in [-0.4, -0.2) is 77.7 Å². The fourth-order valence-corrected chi connectivity index (χ4v) is 8.13. The van der Waals surface area contributed by atoms with Crippen molar-refractivity contribution in [3.63, 3.8) is 0 Å². The number of esters is 1. The third-order valence-electron chi connectivity index (χ3n) is 10.4. The van der Waals surface area contributed by atoms with Crippen LogP contribution < -0.4 is 10.2 Å². The topological polar surface area (TPSA) is 125 Å². The lowest BCUT2D eigenvalue weighted by molar-refractivity contribution is -0.160. The van der Waals surface area contributed by atoms with Gasteiger partial charge in [0.2, 0.25) is 11.8 Å². The maximum Gasteiger partial charge on any atom is 0.313 e. The van der Waals surface area contributed by atoms with Crippen LogP contribution in [0.1, 0.15) is 74.2 Å². The lowest BCUT2D eigenvalue weighted by Gasteiger charge is -2.37. The van der Waals surface area contributed by atoms with Gasteiger partial charge in [-0.25, -0.2) is 0 Å². The number of benzene rings is 2. The van der Waals surface area contributed by atoms with Gasteiger partial charge in [-0.2, -0.15) is 0 Å². The zero-order chi connectivity index (χ0) is 35.8. The van der Waals surface area contributed by atoms with Crippen LogP contribution in [0, 0.1) is 25.7 Å². The van der Waals surface area contributed by atoms with E-state index in [-0.39, 0.29) is 43.8 Å². The highest BCUT2D eigenvalue weighted by atomic mass is 16.6. The normalized spacial score (nSPS) is 24.1. The van der Waals surface area contributed by atoms with Crippen LogP contribution in [0.3, 0.4) is 0 Å². The highest BCUT2D eigenvalue weighted by Gasteiger charge is 2.75. The van der Waals surface area contributed by atoms with Gasteiger partial charge in [0, 0.05) is 31.8 Å². The highest BCUT2D eigenvalue weighted by Crippen LogP contribution is 2.59. The van der Waals surface area contributed by atoms with Crippen LogP contribution in [0.15, 0.2) is 73.8 Å². The summed E-state index contributed by atoms with van der Waals surface area (Å²) in [6, 6.07) is 14.1. The first kappa shape index (κ1) is 37.0. The second-order valence-electron chi connectivity index (χ2n) is 13.7. The monoisotopic (exact) mass is 685 g/mol. The van der Waals surface area contributed by atoms with Crippen molar-refractivity contribution in [3.8, 4) is 0 Å². The van der Waals surface area contributed by atoms with Crippen molar-refractivity contribution in [2.24, 2.45) is 11.8 Å². The van der Waals surface area contributed by atoms with E-state index >= 15 is 0 Å². The molecule has 1 spiro atoms. The molecule has 10 nitrogen and oxygen atoms in total. The fraction of sp³-hybridized carbons (Fsp3) is 0.500. The van der Waals surface area contributed by atoms with E-state index < -0.39 is 41.7 Å². The van der Waals surface area contributed by atoms with Gasteiger partial charge in [0.25, 0.3) is 5.91 Å². The molecular formula is C40H51N3O7. The summed E-state index contributed by atoms with van der Waals surface area (Å²) >= 11 is 0. The number of likely N-dealkylation sites (tertiary alicyclic amines) is 1. The number of para-hydroxylation sites is 1. The Bertz CT molecular complexity index is 1540. The number of anilines is 1. The third-order valence-corrected chi connectivity index (χ3v) is 10.4. The number of carbonyl (C=O) groups is 4. The van der Waals surface area contributed by atoms with E-state index in [1.807, 2.05) is 62.4 Å². The molecule has 268 valence electrons. The van der Waals surface area contributed by atoms with Crippen molar-refractivity contribution in [1.29, 1.82) is 0 Å². The Kier molecular flexibility index (Phi) is 12.3. The summed E-state index contributed by atoms with van der Waals surface area (Å²) in [6.07, 6.45) is 6.66. The molecule has 3 heterocycles. The van der Waals surface area contributed by atoms with Gasteiger partial charge in [-0.1, -0.05) is 73.5 Å². The van der Waals surface area contributed by atoms with E-state index in [2.05, 4.69) is 18.5 Å². The van der Waals surface area contributed by atoms with Crippen molar-refractivity contribution in [3.05, 3.63) is 90.5 Å². The Morgan fingerprint density at radius 3 is 2.46 bits per heavy atom. The van der Waals surface area contributed by atoms with Crippen LogP contribution >= 0.6 is 0 Å². The summed E-state index contributed by atoms with van der Waals surface area (Å²) in [5.41, 5.74) is 2.15. The summed E-state index contributed by atoms with van der Waals surface area (Å²) in [5, 5.41) is 12.2. The number of aliphatic hydroxyl groups excluding tert-OH is 1. The molecule has 50 heavy (non-hydrogen) atoms. The van der Waals surface area contributed by atoms with Crippen LogP contribution in [-0.2, 0) is 28.7 Å². The second-order valence-corrected chi connectivity index (χ2v) is 13.7. The Labute approximate surface area is 295 Å². The maximum atomic E-state index is 14.9. The molecule has 3 amide bonds. The number of fused-ring (bicyclic) bond motifs is 1. The first-order chi connectivity index (χ1) is 24.2. The van der Waals surface area contributed by atoms with Gasteiger partial charge < -0.3 is 29.7 Å². The number of rotatable bonds is 18. The van der Waals surface area contributed by atoms with E-state index in [1.54, 1.807) is 22.0 Å². The summed E-state index contributed by atoms with van der Waals surface area (Å²) in [7, 11) is 0. The largest absolute Gasteiger partial charge is 0.455 e. The highest BCUT2D eigenvalue weighted by molar-refractivity contribution is 6.05. The van der Waals surface area contributed by atoms with Crippen LogP contribution in [0.2, 0.25) is 0 Å². The zero-order valence-corrected chi connectivity index (χ0v) is 29.4. The van der Waals surface area contributed by atoms with E-state index in [1.165, 1.54) is 0 Å². The molecule has 6 atom stereocenters. The van der Waals surface area contributed by atoms with Gasteiger partial charge >= 0.3 is 5.97 Å². The average Bonchev–Trinajstić information content (AvgIpc) is 3.76. The number of amides is 3. The van der Waals surface area contributed by atoms with Gasteiger partial charge in [-0.3, -0.25) is 19.2 Å². The fourth-order valence-electron chi connectivity index (χ4n) is 8.13. The van der Waals surface area contributed by atoms with Crippen molar-refractivity contribution in [1.82, 2.24) is 10.2 Å². The lowest BCUT2D eigenvalue weighted by atomic mass is 9.70.